The average molecular weight is 1470 g/mol. The van der Waals surface area contributed by atoms with Crippen molar-refractivity contribution in [2.75, 3.05) is 88.6 Å². The zero-order chi connectivity index (χ0) is 75.5. The Balaban J connectivity index is 1.28. The Labute approximate surface area is 601 Å². The van der Waals surface area contributed by atoms with E-state index in [1.54, 1.807) is 13.8 Å². The molecule has 0 aromatic heterocycles. The second-order valence-corrected chi connectivity index (χ2v) is 31.3. The van der Waals surface area contributed by atoms with Gasteiger partial charge in [-0.3, -0.25) is 57.5 Å². The van der Waals surface area contributed by atoms with E-state index in [1.165, 1.54) is 61.9 Å². The van der Waals surface area contributed by atoms with Gasteiger partial charge in [0.2, 0.25) is 70.9 Å². The lowest BCUT2D eigenvalue weighted by atomic mass is 9.78. The largest absolute Gasteiger partial charge is 0.393 e. The number of nitrogens with zero attached hydrogens (tertiary/aromatic N) is 9. The van der Waals surface area contributed by atoms with E-state index < -0.39 is 193 Å². The molecule has 7 aliphatic rings. The van der Waals surface area contributed by atoms with Gasteiger partial charge in [0.1, 0.15) is 47.8 Å². The third-order valence-electron chi connectivity index (χ3n) is 23.3. The Morgan fingerprint density at radius 3 is 1.78 bits per heavy atom. The zero-order valence-electron chi connectivity index (χ0n) is 61.3. The number of carbonyl (C=O) groups is 12. The number of amides is 12. The molecule has 102 heavy (non-hydrogen) atoms. The highest BCUT2D eigenvalue weighted by Gasteiger charge is 2.53. The topological polar surface area (TPSA) is 270 Å². The number of hydrogen-bond donors (Lipinski definition) is 3. The van der Waals surface area contributed by atoms with Crippen molar-refractivity contribution in [1.82, 2.24) is 60.0 Å². The number of carbonyl (C=O) groups excluding carboxylic acids is 12. The van der Waals surface area contributed by atoms with Crippen LogP contribution >= 0.6 is 11.6 Å². The van der Waals surface area contributed by atoms with Crippen LogP contribution in [0.1, 0.15) is 188 Å². The summed E-state index contributed by atoms with van der Waals surface area (Å²) in [6.07, 6.45) is -3.32. The minimum atomic E-state index is -5.09. The Hall–Kier alpha value is -6.49. The lowest BCUT2D eigenvalue weighted by Gasteiger charge is -2.43. The molecule has 11 atom stereocenters. The predicted molar refractivity (Wildman–Crippen MR) is 366 cm³/mol. The van der Waals surface area contributed by atoms with E-state index in [0.29, 0.717) is 68.6 Å². The molecule has 1 spiro atoms. The summed E-state index contributed by atoms with van der Waals surface area (Å²) in [6.45, 7) is 3.84. The van der Waals surface area contributed by atoms with Gasteiger partial charge in [0.15, 0.2) is 0 Å². The van der Waals surface area contributed by atoms with Crippen molar-refractivity contribution in [2.24, 2.45) is 35.5 Å². The maximum Gasteiger partial charge on any atom is 0.393 e. The third kappa shape index (κ3) is 20.9. The fourth-order valence-electron chi connectivity index (χ4n) is 16.5. The van der Waals surface area contributed by atoms with E-state index >= 15 is 19.2 Å². The Morgan fingerprint density at radius 1 is 0.588 bits per heavy atom. The normalized spacial score (nSPS) is 31.0. The minimum absolute atomic E-state index is 0.0235. The molecular formula is C71H111ClF6N12O12. The van der Waals surface area contributed by atoms with Gasteiger partial charge in [-0.05, 0) is 119 Å². The summed E-state index contributed by atoms with van der Waals surface area (Å²) in [5, 5.41) is 7.02. The van der Waals surface area contributed by atoms with E-state index in [2.05, 4.69) is 22.9 Å². The summed E-state index contributed by atoms with van der Waals surface area (Å²) in [5.74, 6) is -13.0. The van der Waals surface area contributed by atoms with Crippen LogP contribution in [0.5, 0.6) is 0 Å². The van der Waals surface area contributed by atoms with Gasteiger partial charge >= 0.3 is 12.4 Å². The summed E-state index contributed by atoms with van der Waals surface area (Å²) < 4.78 is 86.4. The number of alkyl halides is 7. The summed E-state index contributed by atoms with van der Waals surface area (Å²) in [6, 6.07) is -10.7. The number of rotatable bonds is 10. The van der Waals surface area contributed by atoms with Crippen LogP contribution in [0.2, 0.25) is 0 Å². The van der Waals surface area contributed by atoms with Gasteiger partial charge in [-0.1, -0.05) is 85.0 Å². The average Bonchev–Trinajstić information content (AvgIpc) is 1.40. The summed E-state index contributed by atoms with van der Waals surface area (Å²) in [5.41, 5.74) is -1.64. The predicted octanol–water partition coefficient (Wildman–Crippen LogP) is 6.25. The van der Waals surface area contributed by atoms with Crippen LogP contribution in [0.4, 0.5) is 26.3 Å². The van der Waals surface area contributed by atoms with Crippen molar-refractivity contribution in [3.63, 3.8) is 0 Å². The van der Waals surface area contributed by atoms with Gasteiger partial charge in [-0.25, -0.2) is 0 Å². The SMILES string of the molecule is CC[C@H](C)[C@@H]1NC(=O)[C@H](CC(F)(F)F)N(C)C(=O)C[C@@H](C(=O)N2CCCC2)N(C)C(=O)[C@H](C2CCCCC2)N(C)C(=O)C2(CCCC2)NC(=O)[C@@H]2CCCN2C(=O)[C@H](CCC2CCC(C(F)(F)F)C(Cl)C2)NC(=O)CN(C)C(=O)[C@H](CC2CCC(C)CC2)N(C)C(=O)CN(C)C(=O)CN(C)C1=O. The molecule has 0 radical (unpaired) electrons. The standard InChI is InChI=1S/C71H111ClF6N12O12/c1-11-44(3)59-66(100)84(6)41-57(93)82(4)42-58(94)85(7)52(37-46-25-23-43(2)24-26-46)64(98)83(5)40-55(91)79-50(30-28-45-27-29-48(49(72)36-45)71(76,77)78)63(97)90-35-19-22-51(90)62(96)81-69(31-15-16-32-69)68(102)88(10)60(47-20-13-12-14-21-47)67(101)87(9)53(65(99)89-33-17-18-34-89)38-56(92)86(8)54(61(95)80-59)39-70(73,74)75/h43-54,59-60H,11-42H2,1-10H3,(H,79,91)(H,80,95)(H,81,96)/t43?,44-,45?,46?,48?,49?,50-,51-,52-,53-,54-,59-,60-/m0/s1. The number of hydrogen-bond acceptors (Lipinski definition) is 12. The Kier molecular flexibility index (Phi) is 29.2. The molecule has 0 aromatic carbocycles. The molecule has 3 heterocycles. The number of halogens is 7. The van der Waals surface area contributed by atoms with Crippen LogP contribution < -0.4 is 16.0 Å². The van der Waals surface area contributed by atoms with Gasteiger partial charge in [-0.2, -0.15) is 26.3 Å². The van der Waals surface area contributed by atoms with Crippen molar-refractivity contribution in [3.05, 3.63) is 0 Å². The van der Waals surface area contributed by atoms with E-state index in [-0.39, 0.29) is 89.8 Å². The zero-order valence-corrected chi connectivity index (χ0v) is 62.0. The fourth-order valence-corrected chi connectivity index (χ4v) is 17.0. The van der Waals surface area contributed by atoms with Crippen LogP contribution in [0.25, 0.3) is 0 Å². The first-order valence-corrected chi connectivity index (χ1v) is 37.4. The first-order valence-electron chi connectivity index (χ1n) is 37.0. The van der Waals surface area contributed by atoms with Crippen molar-refractivity contribution in [1.29, 1.82) is 0 Å². The molecule has 7 fully saturated rings. The van der Waals surface area contributed by atoms with Crippen molar-refractivity contribution in [3.8, 4) is 0 Å². The van der Waals surface area contributed by atoms with E-state index in [1.807, 2.05) is 0 Å². The van der Waals surface area contributed by atoms with Crippen LogP contribution in [0, 0.1) is 35.5 Å². The second kappa shape index (κ2) is 36.0. The number of likely N-dealkylation sites (tertiary alicyclic amines) is 1. The number of nitrogens with one attached hydrogen (secondary N) is 3. The third-order valence-corrected chi connectivity index (χ3v) is 23.8. The molecule has 0 aromatic rings. The molecule has 3 N–H and O–H groups in total. The molecule has 3 aliphatic heterocycles. The van der Waals surface area contributed by atoms with Crippen LogP contribution in [-0.4, -0.2) is 269 Å². The van der Waals surface area contributed by atoms with Gasteiger partial charge in [0.25, 0.3) is 0 Å². The first-order chi connectivity index (χ1) is 47.9. The van der Waals surface area contributed by atoms with Gasteiger partial charge in [0.05, 0.1) is 38.4 Å². The van der Waals surface area contributed by atoms with Crippen LogP contribution in [-0.2, 0) is 57.5 Å². The van der Waals surface area contributed by atoms with E-state index in [0.717, 1.165) is 58.8 Å². The Morgan fingerprint density at radius 2 is 1.19 bits per heavy atom. The van der Waals surface area contributed by atoms with Crippen molar-refractivity contribution in [2.45, 2.75) is 253 Å². The molecule has 4 aliphatic carbocycles. The minimum Gasteiger partial charge on any atom is -0.343 e. The van der Waals surface area contributed by atoms with E-state index in [4.69, 9.17) is 11.6 Å². The van der Waals surface area contributed by atoms with Gasteiger partial charge in [0, 0.05) is 74.3 Å². The number of fused-ring (bicyclic) bond motifs is 1. The van der Waals surface area contributed by atoms with Gasteiger partial charge < -0.3 is 60.0 Å². The van der Waals surface area contributed by atoms with Crippen molar-refractivity contribution >= 4 is 82.5 Å². The Bertz CT molecular complexity index is 3000. The fraction of sp³-hybridized carbons (Fsp3) is 0.831. The molecule has 4 saturated carbocycles. The highest BCUT2D eigenvalue weighted by atomic mass is 35.5. The van der Waals surface area contributed by atoms with Gasteiger partial charge in [-0.15, -0.1) is 11.6 Å². The smallest absolute Gasteiger partial charge is 0.343 e. The van der Waals surface area contributed by atoms with Crippen LogP contribution in [0.15, 0.2) is 0 Å². The molecule has 31 heteroatoms. The molecule has 7 rings (SSSR count). The van der Waals surface area contributed by atoms with E-state index in [9.17, 15) is 64.7 Å². The summed E-state index contributed by atoms with van der Waals surface area (Å²) >= 11 is 6.39. The molecule has 12 amide bonds. The number of likely N-dealkylation sites (N-methyl/N-ethyl adjacent to an activating group) is 7. The first kappa shape index (κ1) is 82.8. The van der Waals surface area contributed by atoms with Crippen molar-refractivity contribution < 1.29 is 83.9 Å². The molecule has 24 nitrogen and oxygen atoms in total. The lowest BCUT2D eigenvalue weighted by molar-refractivity contribution is -0.182. The summed E-state index contributed by atoms with van der Waals surface area (Å²) in [4.78, 5) is 188. The van der Waals surface area contributed by atoms with Crippen LogP contribution in [0.3, 0.4) is 0 Å². The second-order valence-electron chi connectivity index (χ2n) is 30.7. The molecule has 0 bridgehead atoms. The maximum absolute atomic E-state index is 15.7. The molecule has 3 unspecified atom stereocenters. The molecule has 576 valence electrons. The molecule has 3 saturated heterocycles. The monoisotopic (exact) mass is 1470 g/mol. The maximum atomic E-state index is 15.7. The quantitative estimate of drug-likeness (QED) is 0.162. The molecular weight excluding hydrogens is 1360 g/mol. The summed E-state index contributed by atoms with van der Waals surface area (Å²) in [7, 11) is 8.91. The highest BCUT2D eigenvalue weighted by molar-refractivity contribution is 6.21. The highest BCUT2D eigenvalue weighted by Crippen LogP contribution is 2.44. The lowest BCUT2D eigenvalue weighted by Crippen LogP contribution is -2.65.